The fourth-order valence-corrected chi connectivity index (χ4v) is 4.78. The summed E-state index contributed by atoms with van der Waals surface area (Å²) in [6.07, 6.45) is 2.11. The second-order valence-electron chi connectivity index (χ2n) is 9.52. The van der Waals surface area contributed by atoms with Gasteiger partial charge in [-0.1, -0.05) is 54.6 Å². The van der Waals surface area contributed by atoms with Crippen LogP contribution < -0.4 is 0 Å². The Labute approximate surface area is 207 Å². The zero-order chi connectivity index (χ0) is 24.8. The number of benzene rings is 2. The molecular formula is C28H35NO6. The van der Waals surface area contributed by atoms with E-state index in [9.17, 15) is 4.79 Å². The van der Waals surface area contributed by atoms with Crippen molar-refractivity contribution in [1.82, 2.24) is 5.06 Å². The van der Waals surface area contributed by atoms with E-state index in [1.807, 2.05) is 68.5 Å². The summed E-state index contributed by atoms with van der Waals surface area (Å²) in [6, 6.07) is 19.0. The maximum Gasteiger partial charge on any atom is 0.357 e. The Bertz CT molecular complexity index is 966. The second kappa shape index (κ2) is 11.5. The Morgan fingerprint density at radius 3 is 2.40 bits per heavy atom. The van der Waals surface area contributed by atoms with Crippen LogP contribution in [0, 0.1) is 5.92 Å². The van der Waals surface area contributed by atoms with Crippen molar-refractivity contribution >= 4 is 5.97 Å². The highest BCUT2D eigenvalue weighted by atomic mass is 16.8. The van der Waals surface area contributed by atoms with E-state index in [0.29, 0.717) is 25.1 Å². The van der Waals surface area contributed by atoms with Crippen LogP contribution in [0.5, 0.6) is 0 Å². The quantitative estimate of drug-likeness (QED) is 0.339. The molecule has 2 aromatic rings. The van der Waals surface area contributed by atoms with Gasteiger partial charge in [-0.2, -0.15) is 0 Å². The number of hydrogen-bond donors (Lipinski definition) is 0. The van der Waals surface area contributed by atoms with E-state index in [2.05, 4.69) is 6.58 Å². The first kappa shape index (κ1) is 25.5. The fraction of sp³-hybridized carbons (Fsp3) is 0.464. The maximum absolute atomic E-state index is 12.9. The van der Waals surface area contributed by atoms with Crippen LogP contribution in [-0.2, 0) is 30.3 Å². The minimum Gasteiger partial charge on any atom is -0.364 e. The SMILES string of the molecule is C=CCC(CC1OC(OC)C2OC(C)(C)OC12)CN(Cc1ccccc1)OC(=O)c1ccccc1. The van der Waals surface area contributed by atoms with Gasteiger partial charge in [0.2, 0.25) is 0 Å². The standard InChI is InChI=1S/C28H35NO6/c1-5-12-21(17-23-24-25(27(31-4)32-23)34-28(2,3)33-24)19-29(18-20-13-8-6-9-14-20)35-26(30)22-15-10-7-11-16-22/h5-11,13-16,21,23-25,27H,1,12,17-19H2,2-4H3. The average Bonchev–Trinajstić information content (AvgIpc) is 3.33. The summed E-state index contributed by atoms with van der Waals surface area (Å²) < 4.78 is 23.9. The van der Waals surface area contributed by atoms with Crippen molar-refractivity contribution in [3.63, 3.8) is 0 Å². The normalized spacial score (nSPS) is 25.8. The monoisotopic (exact) mass is 481 g/mol. The van der Waals surface area contributed by atoms with E-state index in [4.69, 9.17) is 23.8 Å². The first-order valence-corrected chi connectivity index (χ1v) is 12.1. The Kier molecular flexibility index (Phi) is 8.36. The van der Waals surface area contributed by atoms with Gasteiger partial charge in [-0.15, -0.1) is 11.6 Å². The molecule has 0 spiro atoms. The lowest BCUT2D eigenvalue weighted by molar-refractivity contribution is -0.229. The van der Waals surface area contributed by atoms with Crippen LogP contribution in [-0.4, -0.2) is 55.1 Å². The topological polar surface area (TPSA) is 66.5 Å². The van der Waals surface area contributed by atoms with Crippen LogP contribution in [0.1, 0.15) is 42.6 Å². The molecule has 2 aliphatic rings. The molecule has 2 fully saturated rings. The highest BCUT2D eigenvalue weighted by Crippen LogP contribution is 2.41. The van der Waals surface area contributed by atoms with Gasteiger partial charge >= 0.3 is 5.97 Å². The summed E-state index contributed by atoms with van der Waals surface area (Å²) in [4.78, 5) is 18.8. The van der Waals surface area contributed by atoms with Crippen LogP contribution in [0.3, 0.4) is 0 Å². The molecule has 188 valence electrons. The van der Waals surface area contributed by atoms with E-state index >= 15 is 0 Å². The fourth-order valence-electron chi connectivity index (χ4n) is 4.78. The van der Waals surface area contributed by atoms with E-state index in [-0.39, 0.29) is 30.2 Å². The number of hydroxylamine groups is 2. The van der Waals surface area contributed by atoms with E-state index in [1.54, 1.807) is 24.3 Å². The molecule has 5 unspecified atom stereocenters. The molecule has 2 aliphatic heterocycles. The molecule has 4 rings (SSSR count). The Hall–Kier alpha value is -2.55. The number of fused-ring (bicyclic) bond motifs is 1. The van der Waals surface area contributed by atoms with Crippen molar-refractivity contribution in [2.45, 2.75) is 63.6 Å². The molecule has 35 heavy (non-hydrogen) atoms. The van der Waals surface area contributed by atoms with Gasteiger partial charge in [0.1, 0.15) is 12.2 Å². The number of allylic oxidation sites excluding steroid dienone is 1. The van der Waals surface area contributed by atoms with Gasteiger partial charge in [-0.25, -0.2) is 4.79 Å². The molecular weight excluding hydrogens is 446 g/mol. The molecule has 0 aliphatic carbocycles. The summed E-state index contributed by atoms with van der Waals surface area (Å²) in [7, 11) is 1.62. The molecule has 0 saturated carbocycles. The molecule has 0 bridgehead atoms. The average molecular weight is 482 g/mol. The maximum atomic E-state index is 12.9. The number of rotatable bonds is 11. The van der Waals surface area contributed by atoms with E-state index in [0.717, 1.165) is 12.0 Å². The molecule has 7 nitrogen and oxygen atoms in total. The van der Waals surface area contributed by atoms with Gasteiger partial charge in [0.05, 0.1) is 18.2 Å². The Balaban J connectivity index is 1.48. The summed E-state index contributed by atoms with van der Waals surface area (Å²) in [5.74, 6) is -0.967. The van der Waals surface area contributed by atoms with Crippen LogP contribution >= 0.6 is 0 Å². The second-order valence-corrected chi connectivity index (χ2v) is 9.52. The minimum atomic E-state index is -0.688. The molecule has 2 heterocycles. The lowest BCUT2D eigenvalue weighted by atomic mass is 9.94. The number of nitrogens with zero attached hydrogens (tertiary/aromatic N) is 1. The highest BCUT2D eigenvalue weighted by molar-refractivity contribution is 5.89. The summed E-state index contributed by atoms with van der Waals surface area (Å²) in [5.41, 5.74) is 1.56. The van der Waals surface area contributed by atoms with Crippen molar-refractivity contribution in [3.8, 4) is 0 Å². The lowest BCUT2D eigenvalue weighted by Crippen LogP contribution is -2.36. The predicted octanol–water partition coefficient (Wildman–Crippen LogP) is 4.73. The van der Waals surface area contributed by atoms with Gasteiger partial charge in [0.25, 0.3) is 0 Å². The zero-order valence-corrected chi connectivity index (χ0v) is 20.7. The van der Waals surface area contributed by atoms with Gasteiger partial charge in [0.15, 0.2) is 12.1 Å². The van der Waals surface area contributed by atoms with Crippen LogP contribution in [0.25, 0.3) is 0 Å². The molecule has 2 saturated heterocycles. The van der Waals surface area contributed by atoms with Gasteiger partial charge in [-0.05, 0) is 50.3 Å². The zero-order valence-electron chi connectivity index (χ0n) is 20.7. The van der Waals surface area contributed by atoms with Gasteiger partial charge < -0.3 is 23.8 Å². The van der Waals surface area contributed by atoms with Crippen molar-refractivity contribution in [3.05, 3.63) is 84.4 Å². The molecule has 0 N–H and O–H groups in total. The van der Waals surface area contributed by atoms with Gasteiger partial charge in [-0.3, -0.25) is 0 Å². The van der Waals surface area contributed by atoms with Crippen molar-refractivity contribution in [2.24, 2.45) is 5.92 Å². The molecule has 2 aromatic carbocycles. The van der Waals surface area contributed by atoms with Gasteiger partial charge in [0, 0.05) is 13.7 Å². The molecule has 0 amide bonds. The number of carbonyl (C=O) groups excluding carboxylic acids is 1. The summed E-state index contributed by atoms with van der Waals surface area (Å²) >= 11 is 0. The lowest BCUT2D eigenvalue weighted by Gasteiger charge is -2.29. The molecule has 7 heteroatoms. The number of methoxy groups -OCH3 is 1. The Morgan fingerprint density at radius 1 is 1.09 bits per heavy atom. The first-order valence-electron chi connectivity index (χ1n) is 12.1. The molecule has 5 atom stereocenters. The third-order valence-electron chi connectivity index (χ3n) is 6.29. The minimum absolute atomic E-state index is 0.105. The van der Waals surface area contributed by atoms with Crippen molar-refractivity contribution < 1.29 is 28.6 Å². The third kappa shape index (κ3) is 6.57. The number of ether oxygens (including phenoxy) is 4. The van der Waals surface area contributed by atoms with Crippen LogP contribution in [0.15, 0.2) is 73.3 Å². The highest BCUT2D eigenvalue weighted by Gasteiger charge is 2.55. The Morgan fingerprint density at radius 2 is 1.74 bits per heavy atom. The molecule has 0 radical (unpaired) electrons. The largest absolute Gasteiger partial charge is 0.364 e. The van der Waals surface area contributed by atoms with Crippen LogP contribution in [0.2, 0.25) is 0 Å². The first-order chi connectivity index (χ1) is 16.9. The smallest absolute Gasteiger partial charge is 0.357 e. The van der Waals surface area contributed by atoms with Crippen molar-refractivity contribution in [1.29, 1.82) is 0 Å². The summed E-state index contributed by atoms with van der Waals surface area (Å²) in [6.45, 7) is 8.74. The van der Waals surface area contributed by atoms with Crippen molar-refractivity contribution in [2.75, 3.05) is 13.7 Å². The predicted molar refractivity (Wildman–Crippen MR) is 131 cm³/mol. The van der Waals surface area contributed by atoms with Crippen LogP contribution in [0.4, 0.5) is 0 Å². The summed E-state index contributed by atoms with van der Waals surface area (Å²) in [5, 5.41) is 1.73. The van der Waals surface area contributed by atoms with E-state index in [1.165, 1.54) is 0 Å². The third-order valence-corrected chi connectivity index (χ3v) is 6.29. The number of hydrogen-bond acceptors (Lipinski definition) is 7. The number of carbonyl (C=O) groups is 1. The molecule has 0 aromatic heterocycles. The van der Waals surface area contributed by atoms with E-state index < -0.39 is 12.1 Å².